The van der Waals surface area contributed by atoms with Crippen molar-refractivity contribution in [1.29, 1.82) is 0 Å². The Morgan fingerprint density at radius 3 is 2.78 bits per heavy atom. The van der Waals surface area contributed by atoms with E-state index in [0.717, 1.165) is 55.9 Å². The molecule has 1 aromatic rings. The molecule has 0 aromatic carbocycles. The summed E-state index contributed by atoms with van der Waals surface area (Å²) in [5, 5.41) is 0. The van der Waals surface area contributed by atoms with Crippen LogP contribution >= 0.6 is 0 Å². The molecule has 3 fully saturated rings. The first-order valence-electron chi connectivity index (χ1n) is 10.8. The summed E-state index contributed by atoms with van der Waals surface area (Å²) in [6, 6.07) is 5.24. The third kappa shape index (κ3) is 3.24. The van der Waals surface area contributed by atoms with Gasteiger partial charge in [-0.1, -0.05) is 6.07 Å². The molecule has 3 heterocycles. The first kappa shape index (κ1) is 17.5. The van der Waals surface area contributed by atoms with Crippen LogP contribution in [0.4, 0.5) is 10.6 Å². The van der Waals surface area contributed by atoms with Crippen LogP contribution in [0.15, 0.2) is 12.1 Å². The highest BCUT2D eigenvalue weighted by atomic mass is 16.2. The lowest BCUT2D eigenvalue weighted by atomic mass is 9.90. The smallest absolute Gasteiger partial charge is 0.324 e. The maximum absolute atomic E-state index is 13.2. The van der Waals surface area contributed by atoms with Crippen molar-refractivity contribution in [2.45, 2.75) is 57.9 Å². The molecule has 27 heavy (non-hydrogen) atoms. The van der Waals surface area contributed by atoms with Gasteiger partial charge in [0.2, 0.25) is 0 Å². The van der Waals surface area contributed by atoms with E-state index in [-0.39, 0.29) is 6.03 Å². The first-order chi connectivity index (χ1) is 13.1. The Morgan fingerprint density at radius 2 is 2.04 bits per heavy atom. The molecule has 1 atom stereocenters. The maximum atomic E-state index is 13.2. The minimum Gasteiger partial charge on any atom is -0.324 e. The summed E-state index contributed by atoms with van der Waals surface area (Å²) in [7, 11) is 2.30. The number of nitrogens with zero attached hydrogens (tertiary/aromatic N) is 4. The number of likely N-dealkylation sites (tertiary alicyclic amines) is 1. The fraction of sp³-hybridized carbons (Fsp3) is 0.727. The number of anilines is 1. The lowest BCUT2D eigenvalue weighted by Gasteiger charge is -2.38. The number of aromatic nitrogens is 1. The van der Waals surface area contributed by atoms with E-state index in [2.05, 4.69) is 29.0 Å². The van der Waals surface area contributed by atoms with Gasteiger partial charge in [-0.3, -0.25) is 4.90 Å². The number of hydrogen-bond donors (Lipinski definition) is 0. The molecule has 2 aliphatic heterocycles. The van der Waals surface area contributed by atoms with Crippen LogP contribution in [0.5, 0.6) is 0 Å². The highest BCUT2D eigenvalue weighted by molar-refractivity contribution is 5.92. The van der Waals surface area contributed by atoms with E-state index in [4.69, 9.17) is 4.98 Å². The molecule has 1 saturated heterocycles. The predicted octanol–water partition coefficient (Wildman–Crippen LogP) is 3.46. The molecule has 146 valence electrons. The molecule has 0 radical (unpaired) electrons. The minimum atomic E-state index is 0.177. The van der Waals surface area contributed by atoms with Crippen LogP contribution in [0.25, 0.3) is 0 Å². The van der Waals surface area contributed by atoms with Crippen LogP contribution in [-0.2, 0) is 6.42 Å². The number of aryl methyl sites for hydroxylation is 2. The fourth-order valence-corrected chi connectivity index (χ4v) is 5.35. The molecule has 2 saturated carbocycles. The van der Waals surface area contributed by atoms with E-state index < -0.39 is 0 Å². The maximum Gasteiger partial charge on any atom is 0.325 e. The van der Waals surface area contributed by atoms with Crippen LogP contribution < -0.4 is 4.90 Å². The van der Waals surface area contributed by atoms with Gasteiger partial charge < -0.3 is 9.80 Å². The van der Waals surface area contributed by atoms with Crippen molar-refractivity contribution < 1.29 is 4.79 Å². The van der Waals surface area contributed by atoms with Gasteiger partial charge in [-0.2, -0.15) is 0 Å². The van der Waals surface area contributed by atoms with Gasteiger partial charge in [0.15, 0.2) is 0 Å². The Morgan fingerprint density at radius 1 is 1.26 bits per heavy atom. The second kappa shape index (κ2) is 6.47. The summed E-state index contributed by atoms with van der Waals surface area (Å²) >= 11 is 0. The molecule has 2 amide bonds. The SMILES string of the molecule is Cc1ccc2c(n1)N(C(=O)N1CCC3(CC1)CC3CN(C)C1CC1)CCC2. The number of amides is 2. The molecule has 2 aliphatic carbocycles. The summed E-state index contributed by atoms with van der Waals surface area (Å²) in [4.78, 5) is 24.5. The molecule has 5 rings (SSSR count). The number of fused-ring (bicyclic) bond motifs is 1. The summed E-state index contributed by atoms with van der Waals surface area (Å²) in [6.07, 6.45) is 8.60. The Labute approximate surface area is 162 Å². The van der Waals surface area contributed by atoms with Crippen molar-refractivity contribution in [3.05, 3.63) is 23.4 Å². The monoisotopic (exact) mass is 368 g/mol. The van der Waals surface area contributed by atoms with Crippen molar-refractivity contribution in [2.24, 2.45) is 11.3 Å². The van der Waals surface area contributed by atoms with Gasteiger partial charge >= 0.3 is 6.03 Å². The van der Waals surface area contributed by atoms with Gasteiger partial charge in [0, 0.05) is 37.9 Å². The zero-order valence-corrected chi connectivity index (χ0v) is 16.8. The van der Waals surface area contributed by atoms with Gasteiger partial charge in [0.1, 0.15) is 5.82 Å². The topological polar surface area (TPSA) is 39.7 Å². The quantitative estimate of drug-likeness (QED) is 0.820. The average Bonchev–Trinajstić information content (AvgIpc) is 3.59. The molecule has 0 bridgehead atoms. The van der Waals surface area contributed by atoms with Crippen LogP contribution in [0, 0.1) is 18.3 Å². The third-order valence-electron chi connectivity index (χ3n) is 7.48. The normalized spacial score (nSPS) is 26.4. The van der Waals surface area contributed by atoms with Crippen molar-refractivity contribution in [3.63, 3.8) is 0 Å². The molecule has 5 heteroatoms. The summed E-state index contributed by atoms with van der Waals surface area (Å²) in [5.41, 5.74) is 2.75. The van der Waals surface area contributed by atoms with E-state index >= 15 is 0 Å². The Bertz CT molecular complexity index is 736. The van der Waals surface area contributed by atoms with Crippen molar-refractivity contribution in [2.75, 3.05) is 38.1 Å². The average molecular weight is 369 g/mol. The van der Waals surface area contributed by atoms with Crippen molar-refractivity contribution in [1.82, 2.24) is 14.8 Å². The molecule has 1 unspecified atom stereocenters. The highest BCUT2D eigenvalue weighted by Gasteiger charge is 2.55. The molecule has 1 aromatic heterocycles. The second-order valence-electron chi connectivity index (χ2n) is 9.39. The zero-order chi connectivity index (χ0) is 18.6. The van der Waals surface area contributed by atoms with Crippen molar-refractivity contribution >= 4 is 11.8 Å². The fourth-order valence-electron chi connectivity index (χ4n) is 5.35. The van der Waals surface area contributed by atoms with Crippen LogP contribution in [-0.4, -0.2) is 60.1 Å². The van der Waals surface area contributed by atoms with Crippen LogP contribution in [0.2, 0.25) is 0 Å². The van der Waals surface area contributed by atoms with E-state index in [9.17, 15) is 4.79 Å². The van der Waals surface area contributed by atoms with Gasteiger partial charge in [-0.15, -0.1) is 0 Å². The highest BCUT2D eigenvalue weighted by Crippen LogP contribution is 2.59. The Hall–Kier alpha value is -1.62. The Balaban J connectivity index is 1.21. The van der Waals surface area contributed by atoms with Gasteiger partial charge in [-0.05, 0) is 81.9 Å². The second-order valence-corrected chi connectivity index (χ2v) is 9.39. The number of urea groups is 1. The largest absolute Gasteiger partial charge is 0.325 e. The molecule has 5 nitrogen and oxygen atoms in total. The molecule has 0 N–H and O–H groups in total. The van der Waals surface area contributed by atoms with E-state index in [1.807, 2.05) is 11.8 Å². The number of rotatable bonds is 3. The van der Waals surface area contributed by atoms with Crippen LogP contribution in [0.3, 0.4) is 0 Å². The van der Waals surface area contributed by atoms with E-state index in [0.29, 0.717) is 5.41 Å². The number of pyridine rings is 1. The number of piperidine rings is 1. The summed E-state index contributed by atoms with van der Waals surface area (Å²) < 4.78 is 0. The first-order valence-corrected chi connectivity index (χ1v) is 10.8. The molecular weight excluding hydrogens is 336 g/mol. The standard InChI is InChI=1S/C22H32N4O/c1-16-5-6-17-4-3-11-26(20(17)23-16)21(27)25-12-9-22(10-13-25)14-18(22)15-24(2)19-7-8-19/h5-6,18-19H,3-4,7-15H2,1-2H3. The predicted molar refractivity (Wildman–Crippen MR) is 107 cm³/mol. The minimum absolute atomic E-state index is 0.177. The van der Waals surface area contributed by atoms with E-state index in [1.165, 1.54) is 44.2 Å². The Kier molecular flexibility index (Phi) is 4.19. The molecular formula is C22H32N4O. The summed E-state index contributed by atoms with van der Waals surface area (Å²) in [5.74, 6) is 1.77. The molecule has 4 aliphatic rings. The lowest BCUT2D eigenvalue weighted by Crippen LogP contribution is -2.49. The van der Waals surface area contributed by atoms with E-state index in [1.54, 1.807) is 0 Å². The zero-order valence-electron chi connectivity index (χ0n) is 16.8. The van der Waals surface area contributed by atoms with Gasteiger partial charge in [-0.25, -0.2) is 9.78 Å². The van der Waals surface area contributed by atoms with Crippen molar-refractivity contribution in [3.8, 4) is 0 Å². The number of carbonyl (C=O) groups excluding carboxylic acids is 1. The van der Waals surface area contributed by atoms with Gasteiger partial charge in [0.25, 0.3) is 0 Å². The number of hydrogen-bond acceptors (Lipinski definition) is 3. The molecule has 1 spiro atoms. The lowest BCUT2D eigenvalue weighted by molar-refractivity contribution is 0.159. The number of carbonyl (C=O) groups is 1. The van der Waals surface area contributed by atoms with Crippen LogP contribution in [0.1, 0.15) is 49.8 Å². The van der Waals surface area contributed by atoms with Gasteiger partial charge in [0.05, 0.1) is 0 Å². The summed E-state index contributed by atoms with van der Waals surface area (Å²) in [6.45, 7) is 5.91. The third-order valence-corrected chi connectivity index (χ3v) is 7.48.